The van der Waals surface area contributed by atoms with Crippen LogP contribution in [-0.2, 0) is 6.42 Å². The monoisotopic (exact) mass is 230 g/mol. The highest BCUT2D eigenvalue weighted by Gasteiger charge is 2.15. The van der Waals surface area contributed by atoms with Crippen LogP contribution < -0.4 is 0 Å². The van der Waals surface area contributed by atoms with Gasteiger partial charge < -0.3 is 5.11 Å². The Morgan fingerprint density at radius 3 is 2.60 bits per heavy atom. The maximum absolute atomic E-state index is 12.8. The third-order valence-electron chi connectivity index (χ3n) is 2.70. The van der Waals surface area contributed by atoms with Crippen molar-refractivity contribution in [1.82, 2.24) is 0 Å². The van der Waals surface area contributed by atoms with Crippen molar-refractivity contribution in [2.75, 3.05) is 0 Å². The summed E-state index contributed by atoms with van der Waals surface area (Å²) in [5.41, 5.74) is 0.894. The fourth-order valence-corrected chi connectivity index (χ4v) is 1.87. The largest absolute Gasteiger partial charge is 0.393 e. The van der Waals surface area contributed by atoms with E-state index in [-0.39, 0.29) is 17.8 Å². The van der Waals surface area contributed by atoms with Crippen LogP contribution in [0.5, 0.6) is 0 Å². The van der Waals surface area contributed by atoms with Gasteiger partial charge in [0, 0.05) is 5.02 Å². The molecule has 0 radical (unpaired) electrons. The van der Waals surface area contributed by atoms with Gasteiger partial charge in [-0.2, -0.15) is 0 Å². The lowest BCUT2D eigenvalue weighted by atomic mass is 9.92. The van der Waals surface area contributed by atoms with Gasteiger partial charge in [-0.1, -0.05) is 31.0 Å². The van der Waals surface area contributed by atoms with Gasteiger partial charge in [-0.3, -0.25) is 0 Å². The lowest BCUT2D eigenvalue weighted by Crippen LogP contribution is -2.18. The molecule has 0 amide bonds. The number of aliphatic hydroxyl groups excluding tert-OH is 1. The summed E-state index contributed by atoms with van der Waals surface area (Å²) in [5, 5.41) is 9.94. The molecule has 2 unspecified atom stereocenters. The van der Waals surface area contributed by atoms with Gasteiger partial charge in [0.25, 0.3) is 0 Å². The van der Waals surface area contributed by atoms with Crippen molar-refractivity contribution in [3.63, 3.8) is 0 Å². The zero-order chi connectivity index (χ0) is 11.4. The van der Waals surface area contributed by atoms with Crippen LogP contribution in [0.25, 0.3) is 0 Å². The molecule has 15 heavy (non-hydrogen) atoms. The van der Waals surface area contributed by atoms with Gasteiger partial charge in [0.15, 0.2) is 0 Å². The van der Waals surface area contributed by atoms with E-state index in [1.54, 1.807) is 13.0 Å². The number of rotatable bonds is 4. The van der Waals surface area contributed by atoms with Gasteiger partial charge >= 0.3 is 0 Å². The maximum atomic E-state index is 12.8. The van der Waals surface area contributed by atoms with E-state index >= 15 is 0 Å². The molecule has 0 saturated heterocycles. The second-order valence-electron chi connectivity index (χ2n) is 3.85. The first-order valence-corrected chi connectivity index (χ1v) is 5.54. The minimum atomic E-state index is -0.365. The molecular formula is C12H16ClFO. The molecule has 2 atom stereocenters. The molecular weight excluding hydrogens is 215 g/mol. The van der Waals surface area contributed by atoms with E-state index in [2.05, 4.69) is 0 Å². The van der Waals surface area contributed by atoms with Crippen molar-refractivity contribution in [2.45, 2.75) is 32.8 Å². The van der Waals surface area contributed by atoms with E-state index in [0.717, 1.165) is 12.0 Å². The zero-order valence-electron chi connectivity index (χ0n) is 9.00. The summed E-state index contributed by atoms with van der Waals surface area (Å²) < 4.78 is 12.8. The Morgan fingerprint density at radius 1 is 1.47 bits per heavy atom. The normalized spacial score (nSPS) is 15.0. The predicted molar refractivity (Wildman–Crippen MR) is 60.6 cm³/mol. The van der Waals surface area contributed by atoms with Crippen LogP contribution in [0.2, 0.25) is 5.02 Å². The molecule has 3 heteroatoms. The third kappa shape index (κ3) is 3.47. The molecule has 0 bridgehead atoms. The summed E-state index contributed by atoms with van der Waals surface area (Å²) >= 11 is 5.91. The summed E-state index contributed by atoms with van der Waals surface area (Å²) in [7, 11) is 0. The van der Waals surface area contributed by atoms with Gasteiger partial charge in [0.05, 0.1) is 6.10 Å². The van der Waals surface area contributed by atoms with Crippen LogP contribution in [0.4, 0.5) is 4.39 Å². The van der Waals surface area contributed by atoms with Crippen LogP contribution in [0.15, 0.2) is 18.2 Å². The van der Waals surface area contributed by atoms with Crippen LogP contribution in [0.3, 0.4) is 0 Å². The van der Waals surface area contributed by atoms with Gasteiger partial charge in [0.2, 0.25) is 0 Å². The first-order valence-electron chi connectivity index (χ1n) is 5.16. The van der Waals surface area contributed by atoms with Crippen molar-refractivity contribution >= 4 is 11.6 Å². The number of aliphatic hydroxyl groups is 1. The van der Waals surface area contributed by atoms with Crippen LogP contribution in [-0.4, -0.2) is 11.2 Å². The highest BCUT2D eigenvalue weighted by atomic mass is 35.5. The topological polar surface area (TPSA) is 20.2 Å². The summed E-state index contributed by atoms with van der Waals surface area (Å²) in [6.07, 6.45) is 1.20. The first-order chi connectivity index (χ1) is 7.04. The Hall–Kier alpha value is -0.600. The van der Waals surface area contributed by atoms with E-state index in [0.29, 0.717) is 11.4 Å². The maximum Gasteiger partial charge on any atom is 0.124 e. The third-order valence-corrected chi connectivity index (χ3v) is 3.06. The second kappa shape index (κ2) is 5.47. The average molecular weight is 231 g/mol. The molecule has 0 aliphatic heterocycles. The molecule has 0 fully saturated rings. The molecule has 0 heterocycles. The lowest BCUT2D eigenvalue weighted by molar-refractivity contribution is 0.123. The Balaban J connectivity index is 2.79. The smallest absolute Gasteiger partial charge is 0.124 e. The predicted octanol–water partition coefficient (Wildman–Crippen LogP) is 3.43. The van der Waals surface area contributed by atoms with Gasteiger partial charge in [-0.15, -0.1) is 0 Å². The van der Waals surface area contributed by atoms with Crippen LogP contribution in [0.1, 0.15) is 25.8 Å². The highest BCUT2D eigenvalue weighted by Crippen LogP contribution is 2.23. The fraction of sp³-hybridized carbons (Fsp3) is 0.500. The molecule has 0 spiro atoms. The van der Waals surface area contributed by atoms with E-state index in [9.17, 15) is 9.50 Å². The summed E-state index contributed by atoms with van der Waals surface area (Å²) in [6, 6.07) is 4.39. The van der Waals surface area contributed by atoms with Gasteiger partial charge in [-0.05, 0) is 37.0 Å². The Bertz CT molecular complexity index is 325. The Labute approximate surface area is 94.9 Å². The standard InChI is InChI=1S/C12H16ClFO/c1-3-9(8(2)15)6-10-4-5-11(14)7-12(10)13/h4-5,7-9,15H,3,6H2,1-2H3. The highest BCUT2D eigenvalue weighted by molar-refractivity contribution is 6.31. The molecule has 1 rings (SSSR count). The first kappa shape index (κ1) is 12.5. The zero-order valence-corrected chi connectivity index (χ0v) is 9.76. The van der Waals surface area contributed by atoms with Crippen molar-refractivity contribution < 1.29 is 9.50 Å². The molecule has 0 saturated carbocycles. The molecule has 0 aliphatic rings. The minimum absolute atomic E-state index is 0.174. The van der Waals surface area contributed by atoms with E-state index in [1.807, 2.05) is 6.92 Å². The molecule has 84 valence electrons. The summed E-state index contributed by atoms with van der Waals surface area (Å²) in [6.45, 7) is 3.79. The SMILES string of the molecule is CCC(Cc1ccc(F)cc1Cl)C(C)O. The molecule has 1 N–H and O–H groups in total. The summed E-state index contributed by atoms with van der Waals surface area (Å²) in [4.78, 5) is 0. The van der Waals surface area contributed by atoms with Crippen molar-refractivity contribution in [3.05, 3.63) is 34.6 Å². The van der Waals surface area contributed by atoms with Crippen LogP contribution in [0, 0.1) is 11.7 Å². The number of halogens is 2. The van der Waals surface area contributed by atoms with E-state index < -0.39 is 0 Å². The van der Waals surface area contributed by atoms with Crippen molar-refractivity contribution in [2.24, 2.45) is 5.92 Å². The summed E-state index contributed by atoms with van der Waals surface area (Å²) in [5.74, 6) is -0.151. The number of hydrogen-bond donors (Lipinski definition) is 1. The quantitative estimate of drug-likeness (QED) is 0.840. The number of benzene rings is 1. The molecule has 0 aromatic heterocycles. The van der Waals surface area contributed by atoms with E-state index in [4.69, 9.17) is 11.6 Å². The lowest BCUT2D eigenvalue weighted by Gasteiger charge is -2.18. The Morgan fingerprint density at radius 2 is 2.13 bits per heavy atom. The van der Waals surface area contributed by atoms with Gasteiger partial charge in [-0.25, -0.2) is 4.39 Å². The number of hydrogen-bond acceptors (Lipinski definition) is 1. The Kier molecular flexibility index (Phi) is 4.55. The van der Waals surface area contributed by atoms with Crippen molar-refractivity contribution in [1.29, 1.82) is 0 Å². The average Bonchev–Trinajstić information content (AvgIpc) is 2.16. The van der Waals surface area contributed by atoms with Crippen LogP contribution >= 0.6 is 11.6 Å². The molecule has 1 aromatic carbocycles. The fourth-order valence-electron chi connectivity index (χ4n) is 1.63. The van der Waals surface area contributed by atoms with Gasteiger partial charge in [0.1, 0.15) is 5.82 Å². The molecule has 1 nitrogen and oxygen atoms in total. The molecule has 1 aromatic rings. The minimum Gasteiger partial charge on any atom is -0.393 e. The van der Waals surface area contributed by atoms with Crippen molar-refractivity contribution in [3.8, 4) is 0 Å². The molecule has 0 aliphatic carbocycles. The second-order valence-corrected chi connectivity index (χ2v) is 4.26. The van der Waals surface area contributed by atoms with E-state index in [1.165, 1.54) is 12.1 Å².